The summed E-state index contributed by atoms with van der Waals surface area (Å²) in [5, 5.41) is 2.90. The van der Waals surface area contributed by atoms with Crippen molar-refractivity contribution in [1.82, 2.24) is 10.2 Å². The molecule has 2 amide bonds. The summed E-state index contributed by atoms with van der Waals surface area (Å²) in [6, 6.07) is 11.3. The summed E-state index contributed by atoms with van der Waals surface area (Å²) >= 11 is 3.40. The molecule has 0 aromatic heterocycles. The van der Waals surface area contributed by atoms with Crippen molar-refractivity contribution in [3.63, 3.8) is 0 Å². The molecular weight excluding hydrogens is 400 g/mol. The Morgan fingerprint density at radius 3 is 2.08 bits per heavy atom. The van der Waals surface area contributed by atoms with Crippen LogP contribution in [0.3, 0.4) is 0 Å². The SMILES string of the molecule is COc1cc(CNC(=O)N(C)Cc2ccc(Br)cc2)cc(OC)c1OC. The zero-order chi connectivity index (χ0) is 19.1. The fourth-order valence-electron chi connectivity index (χ4n) is 2.49. The lowest BCUT2D eigenvalue weighted by Gasteiger charge is -2.19. The average molecular weight is 423 g/mol. The van der Waals surface area contributed by atoms with E-state index in [-0.39, 0.29) is 6.03 Å². The van der Waals surface area contributed by atoms with Crippen molar-refractivity contribution in [2.24, 2.45) is 0 Å². The van der Waals surface area contributed by atoms with Crippen LogP contribution in [0.5, 0.6) is 17.2 Å². The van der Waals surface area contributed by atoms with Crippen molar-refractivity contribution >= 4 is 22.0 Å². The monoisotopic (exact) mass is 422 g/mol. The first-order valence-corrected chi connectivity index (χ1v) is 8.80. The summed E-state index contributed by atoms with van der Waals surface area (Å²) in [5.41, 5.74) is 1.91. The number of hydrogen-bond acceptors (Lipinski definition) is 4. The molecule has 0 aliphatic heterocycles. The number of nitrogens with zero attached hydrogens (tertiary/aromatic N) is 1. The summed E-state index contributed by atoms with van der Waals surface area (Å²) in [6.07, 6.45) is 0. The van der Waals surface area contributed by atoms with Gasteiger partial charge in [0.05, 0.1) is 21.3 Å². The number of urea groups is 1. The molecule has 0 fully saturated rings. The van der Waals surface area contributed by atoms with Gasteiger partial charge in [-0.25, -0.2) is 4.79 Å². The number of rotatable bonds is 7. The van der Waals surface area contributed by atoms with Crippen LogP contribution in [0.4, 0.5) is 4.79 Å². The molecular formula is C19H23BrN2O4. The molecule has 0 atom stereocenters. The third-order valence-corrected chi connectivity index (χ3v) is 4.38. The molecule has 0 aliphatic rings. The van der Waals surface area contributed by atoms with Crippen LogP contribution < -0.4 is 19.5 Å². The maximum absolute atomic E-state index is 12.3. The van der Waals surface area contributed by atoms with Crippen LogP contribution in [-0.2, 0) is 13.1 Å². The van der Waals surface area contributed by atoms with Gasteiger partial charge in [-0.05, 0) is 35.4 Å². The van der Waals surface area contributed by atoms with Gasteiger partial charge in [-0.3, -0.25) is 0 Å². The number of hydrogen-bond donors (Lipinski definition) is 1. The summed E-state index contributed by atoms with van der Waals surface area (Å²) < 4.78 is 17.0. The molecule has 0 saturated carbocycles. The zero-order valence-electron chi connectivity index (χ0n) is 15.3. The summed E-state index contributed by atoms with van der Waals surface area (Å²) in [5.74, 6) is 1.64. The van der Waals surface area contributed by atoms with Crippen LogP contribution in [0.1, 0.15) is 11.1 Å². The van der Waals surface area contributed by atoms with E-state index in [2.05, 4.69) is 21.2 Å². The van der Waals surface area contributed by atoms with Gasteiger partial charge in [0.2, 0.25) is 5.75 Å². The third-order valence-electron chi connectivity index (χ3n) is 3.85. The fourth-order valence-corrected chi connectivity index (χ4v) is 2.75. The minimum Gasteiger partial charge on any atom is -0.493 e. The molecule has 0 aliphatic carbocycles. The van der Waals surface area contributed by atoms with E-state index in [9.17, 15) is 4.79 Å². The van der Waals surface area contributed by atoms with Crippen LogP contribution in [0.2, 0.25) is 0 Å². The van der Waals surface area contributed by atoms with Crippen molar-refractivity contribution in [2.75, 3.05) is 28.4 Å². The van der Waals surface area contributed by atoms with E-state index in [1.54, 1.807) is 33.3 Å². The molecule has 140 valence electrons. The lowest BCUT2D eigenvalue weighted by atomic mass is 10.2. The van der Waals surface area contributed by atoms with Gasteiger partial charge < -0.3 is 24.4 Å². The van der Waals surface area contributed by atoms with Gasteiger partial charge >= 0.3 is 6.03 Å². The third kappa shape index (κ3) is 5.05. The van der Waals surface area contributed by atoms with E-state index in [1.807, 2.05) is 36.4 Å². The van der Waals surface area contributed by atoms with Gasteiger partial charge in [0.15, 0.2) is 11.5 Å². The molecule has 26 heavy (non-hydrogen) atoms. The quantitative estimate of drug-likeness (QED) is 0.736. The number of carbonyl (C=O) groups is 1. The fraction of sp³-hybridized carbons (Fsp3) is 0.316. The molecule has 0 heterocycles. The normalized spacial score (nSPS) is 10.2. The number of amides is 2. The Hall–Kier alpha value is -2.41. The second kappa shape index (κ2) is 9.33. The second-order valence-electron chi connectivity index (χ2n) is 5.67. The first kappa shape index (κ1) is 19.9. The van der Waals surface area contributed by atoms with Crippen LogP contribution in [0, 0.1) is 0 Å². The summed E-state index contributed by atoms with van der Waals surface area (Å²) in [4.78, 5) is 14.0. The number of nitrogens with one attached hydrogen (secondary N) is 1. The van der Waals surface area contributed by atoms with E-state index >= 15 is 0 Å². The van der Waals surface area contributed by atoms with Gasteiger partial charge in [-0.1, -0.05) is 28.1 Å². The van der Waals surface area contributed by atoms with Crippen molar-refractivity contribution in [3.05, 3.63) is 52.0 Å². The number of carbonyl (C=O) groups excluding carboxylic acids is 1. The molecule has 7 heteroatoms. The molecule has 0 radical (unpaired) electrons. The van der Waals surface area contributed by atoms with Crippen molar-refractivity contribution in [2.45, 2.75) is 13.1 Å². The maximum atomic E-state index is 12.3. The largest absolute Gasteiger partial charge is 0.493 e. The Morgan fingerprint density at radius 2 is 1.58 bits per heavy atom. The zero-order valence-corrected chi connectivity index (χ0v) is 16.9. The minimum atomic E-state index is -0.165. The molecule has 1 N–H and O–H groups in total. The van der Waals surface area contributed by atoms with E-state index in [1.165, 1.54) is 0 Å². The highest BCUT2D eigenvalue weighted by atomic mass is 79.9. The van der Waals surface area contributed by atoms with E-state index < -0.39 is 0 Å². The van der Waals surface area contributed by atoms with Crippen LogP contribution in [0.15, 0.2) is 40.9 Å². The predicted molar refractivity (Wildman–Crippen MR) is 104 cm³/mol. The van der Waals surface area contributed by atoms with Crippen LogP contribution in [-0.4, -0.2) is 39.3 Å². The maximum Gasteiger partial charge on any atom is 0.317 e. The second-order valence-corrected chi connectivity index (χ2v) is 6.59. The molecule has 0 spiro atoms. The van der Waals surface area contributed by atoms with Gasteiger partial charge in [-0.2, -0.15) is 0 Å². The summed E-state index contributed by atoms with van der Waals surface area (Å²) in [7, 11) is 6.43. The van der Waals surface area contributed by atoms with E-state index in [4.69, 9.17) is 14.2 Å². The Kier molecular flexibility index (Phi) is 7.15. The number of ether oxygens (including phenoxy) is 3. The molecule has 6 nitrogen and oxygen atoms in total. The van der Waals surface area contributed by atoms with Crippen molar-refractivity contribution in [3.8, 4) is 17.2 Å². The Balaban J connectivity index is 2.00. The lowest BCUT2D eigenvalue weighted by Crippen LogP contribution is -2.36. The summed E-state index contributed by atoms with van der Waals surface area (Å²) in [6.45, 7) is 0.870. The molecule has 0 bridgehead atoms. The van der Waals surface area contributed by atoms with Gasteiger partial charge in [0, 0.05) is 24.6 Å². The first-order valence-electron chi connectivity index (χ1n) is 8.00. The first-order chi connectivity index (χ1) is 12.5. The molecule has 0 unspecified atom stereocenters. The molecule has 2 rings (SSSR count). The van der Waals surface area contributed by atoms with Crippen LogP contribution >= 0.6 is 15.9 Å². The predicted octanol–water partition coefficient (Wildman–Crippen LogP) is 3.82. The molecule has 2 aromatic carbocycles. The number of benzene rings is 2. The highest BCUT2D eigenvalue weighted by Gasteiger charge is 2.14. The molecule has 2 aromatic rings. The molecule has 0 saturated heterocycles. The highest BCUT2D eigenvalue weighted by molar-refractivity contribution is 9.10. The van der Waals surface area contributed by atoms with Gasteiger partial charge in [-0.15, -0.1) is 0 Å². The lowest BCUT2D eigenvalue weighted by molar-refractivity contribution is 0.206. The van der Waals surface area contributed by atoms with E-state index in [0.717, 1.165) is 15.6 Å². The van der Waals surface area contributed by atoms with E-state index in [0.29, 0.717) is 30.3 Å². The topological polar surface area (TPSA) is 60.0 Å². The Labute approximate surface area is 162 Å². The smallest absolute Gasteiger partial charge is 0.317 e. The van der Waals surface area contributed by atoms with Gasteiger partial charge in [0.1, 0.15) is 0 Å². The van der Waals surface area contributed by atoms with Crippen LogP contribution in [0.25, 0.3) is 0 Å². The van der Waals surface area contributed by atoms with Gasteiger partial charge in [0.25, 0.3) is 0 Å². The number of halogens is 1. The standard InChI is InChI=1S/C19H23BrN2O4/c1-22(12-13-5-7-15(20)8-6-13)19(23)21-11-14-9-16(24-2)18(26-4)17(10-14)25-3/h5-10H,11-12H2,1-4H3,(H,21,23). The highest BCUT2D eigenvalue weighted by Crippen LogP contribution is 2.38. The Bertz CT molecular complexity index is 725. The number of methoxy groups -OCH3 is 3. The average Bonchev–Trinajstić information content (AvgIpc) is 2.66. The Morgan fingerprint density at radius 1 is 1.00 bits per heavy atom. The minimum absolute atomic E-state index is 0.165. The van der Waals surface area contributed by atoms with Crippen molar-refractivity contribution in [1.29, 1.82) is 0 Å². The van der Waals surface area contributed by atoms with Crippen molar-refractivity contribution < 1.29 is 19.0 Å².